The van der Waals surface area contributed by atoms with Gasteiger partial charge in [0.2, 0.25) is 0 Å². The Morgan fingerprint density at radius 2 is 2.24 bits per heavy atom. The van der Waals surface area contributed by atoms with Crippen LogP contribution in [-0.2, 0) is 5.33 Å². The minimum atomic E-state index is -0.217. The van der Waals surface area contributed by atoms with Crippen molar-refractivity contribution in [1.29, 1.82) is 0 Å². The number of hydrogen-bond acceptors (Lipinski definition) is 1. The van der Waals surface area contributed by atoms with Gasteiger partial charge in [-0.15, -0.1) is 0 Å². The maximum Gasteiger partial charge on any atom is 0.127 e. The van der Waals surface area contributed by atoms with Crippen LogP contribution in [0.4, 0.5) is 4.39 Å². The molecule has 0 aromatic heterocycles. The third-order valence-corrected chi connectivity index (χ3v) is 2.96. The highest BCUT2D eigenvalue weighted by Gasteiger charge is 2.05. The van der Waals surface area contributed by atoms with E-state index in [9.17, 15) is 4.39 Å². The van der Waals surface area contributed by atoms with Crippen molar-refractivity contribution in [3.63, 3.8) is 0 Å². The van der Waals surface area contributed by atoms with Crippen molar-refractivity contribution in [3.05, 3.63) is 53.9 Å². The molecule has 1 rings (SSSR count). The van der Waals surface area contributed by atoms with Crippen LogP contribution in [0.2, 0.25) is 0 Å². The molecule has 1 aromatic carbocycles. The van der Waals surface area contributed by atoms with Crippen LogP contribution in [0.25, 0.3) is 5.70 Å². The maximum atomic E-state index is 13.6. The molecule has 1 nitrogen and oxygen atoms in total. The van der Waals surface area contributed by atoms with Crippen LogP contribution in [0, 0.1) is 5.82 Å². The van der Waals surface area contributed by atoms with E-state index < -0.39 is 0 Å². The second-order valence-corrected chi connectivity index (χ2v) is 4.13. The molecule has 90 valence electrons. The quantitative estimate of drug-likeness (QED) is 0.562. The summed E-state index contributed by atoms with van der Waals surface area (Å²) in [6.07, 6.45) is 3.53. The van der Waals surface area contributed by atoms with Crippen LogP contribution in [0.15, 0.2) is 41.9 Å². The molecule has 0 unspecified atom stereocenters. The third-order valence-electron chi connectivity index (χ3n) is 2.36. The summed E-state index contributed by atoms with van der Waals surface area (Å²) in [5.41, 5.74) is 2.98. The molecule has 17 heavy (non-hydrogen) atoms. The number of alkyl halides is 1. The van der Waals surface area contributed by atoms with Gasteiger partial charge in [0.15, 0.2) is 0 Å². The Morgan fingerprint density at radius 3 is 2.71 bits per heavy atom. The summed E-state index contributed by atoms with van der Waals surface area (Å²) in [6, 6.07) is 5.14. The first kappa shape index (κ1) is 13.8. The minimum Gasteiger partial charge on any atom is -0.254 e. The molecule has 0 aliphatic heterocycles. The predicted octanol–water partition coefficient (Wildman–Crippen LogP) is 4.73. The van der Waals surface area contributed by atoms with E-state index >= 15 is 0 Å². The normalized spacial score (nSPS) is 12.7. The lowest BCUT2D eigenvalue weighted by atomic mass is 10.1. The molecule has 0 fully saturated rings. The molecular weight excluding hydrogens is 281 g/mol. The van der Waals surface area contributed by atoms with Gasteiger partial charge in [-0.25, -0.2) is 4.39 Å². The van der Waals surface area contributed by atoms with Crippen molar-refractivity contribution in [2.45, 2.75) is 19.2 Å². The van der Waals surface area contributed by atoms with Crippen molar-refractivity contribution in [2.75, 3.05) is 0 Å². The van der Waals surface area contributed by atoms with E-state index in [0.717, 1.165) is 17.0 Å². The largest absolute Gasteiger partial charge is 0.254 e. The zero-order chi connectivity index (χ0) is 12.8. The number of allylic oxidation sites excluding steroid dienone is 2. The molecule has 0 heterocycles. The molecule has 0 N–H and O–H groups in total. The summed E-state index contributed by atoms with van der Waals surface area (Å²) < 4.78 is 13.6. The Hall–Kier alpha value is -1.22. The lowest BCUT2D eigenvalue weighted by molar-refractivity contribution is 0.617. The van der Waals surface area contributed by atoms with Crippen LogP contribution in [0.1, 0.15) is 25.0 Å². The van der Waals surface area contributed by atoms with Crippen molar-refractivity contribution in [2.24, 2.45) is 4.99 Å². The summed E-state index contributed by atoms with van der Waals surface area (Å²) in [4.78, 5) is 4.36. The van der Waals surface area contributed by atoms with Crippen molar-refractivity contribution >= 4 is 27.3 Å². The number of rotatable bonds is 4. The van der Waals surface area contributed by atoms with E-state index in [1.807, 2.05) is 26.0 Å². The molecule has 1 aromatic rings. The van der Waals surface area contributed by atoms with Crippen molar-refractivity contribution < 1.29 is 4.39 Å². The van der Waals surface area contributed by atoms with E-state index in [0.29, 0.717) is 10.9 Å². The molecular formula is C14H15BrFN. The van der Waals surface area contributed by atoms with E-state index in [-0.39, 0.29) is 5.82 Å². The van der Waals surface area contributed by atoms with E-state index in [2.05, 4.69) is 27.5 Å². The standard InChI is InChI=1S/C14H15BrFN/c1-4-10(3)17-14(5-2)11-6-7-12(9-15)13(16)8-11/h4-8H,1,9H2,2-3H3/b14-5-,17-10?. The van der Waals surface area contributed by atoms with Gasteiger partial charge in [0, 0.05) is 16.6 Å². The van der Waals surface area contributed by atoms with Gasteiger partial charge in [0.1, 0.15) is 5.82 Å². The van der Waals surface area contributed by atoms with Crippen LogP contribution >= 0.6 is 15.9 Å². The monoisotopic (exact) mass is 295 g/mol. The topological polar surface area (TPSA) is 12.4 Å². The Kier molecular flexibility index (Phi) is 5.29. The summed E-state index contributed by atoms with van der Waals surface area (Å²) in [6.45, 7) is 7.39. The number of aliphatic imine (C=N–C) groups is 1. The van der Waals surface area contributed by atoms with Gasteiger partial charge in [-0.3, -0.25) is 4.99 Å². The third kappa shape index (κ3) is 3.63. The number of nitrogens with zero attached hydrogens (tertiary/aromatic N) is 1. The highest BCUT2D eigenvalue weighted by atomic mass is 79.9. The fraction of sp³-hybridized carbons (Fsp3) is 0.214. The number of halogens is 2. The SMILES string of the molecule is C=CC(C)=N/C(=C\C)c1ccc(CBr)c(F)c1. The zero-order valence-electron chi connectivity index (χ0n) is 10.0. The van der Waals surface area contributed by atoms with Gasteiger partial charge in [-0.2, -0.15) is 0 Å². The first-order valence-corrected chi connectivity index (χ1v) is 6.43. The molecule has 0 atom stereocenters. The Balaban J connectivity index is 3.15. The number of hydrogen-bond donors (Lipinski definition) is 0. The molecule has 0 aliphatic carbocycles. The lowest BCUT2D eigenvalue weighted by Crippen LogP contribution is -1.91. The Bertz CT molecular complexity index is 475. The van der Waals surface area contributed by atoms with Crippen LogP contribution in [0.3, 0.4) is 0 Å². The molecule has 0 saturated carbocycles. The Labute approximate surface area is 110 Å². The average Bonchev–Trinajstić information content (AvgIpc) is 2.35. The van der Waals surface area contributed by atoms with Gasteiger partial charge in [0.05, 0.1) is 5.70 Å². The molecule has 0 bridgehead atoms. The second-order valence-electron chi connectivity index (χ2n) is 3.57. The van der Waals surface area contributed by atoms with Crippen molar-refractivity contribution in [3.8, 4) is 0 Å². The van der Waals surface area contributed by atoms with E-state index in [4.69, 9.17) is 0 Å². The second kappa shape index (κ2) is 6.50. The predicted molar refractivity (Wildman–Crippen MR) is 76.0 cm³/mol. The maximum absolute atomic E-state index is 13.6. The Morgan fingerprint density at radius 1 is 1.53 bits per heavy atom. The molecule has 3 heteroatoms. The first-order chi connectivity index (χ1) is 8.12. The smallest absolute Gasteiger partial charge is 0.127 e. The van der Waals surface area contributed by atoms with Crippen molar-refractivity contribution in [1.82, 2.24) is 0 Å². The highest BCUT2D eigenvalue weighted by Crippen LogP contribution is 2.20. The fourth-order valence-electron chi connectivity index (χ4n) is 1.35. The first-order valence-electron chi connectivity index (χ1n) is 5.31. The molecule has 0 amide bonds. The van der Waals surface area contributed by atoms with Crippen LogP contribution in [0.5, 0.6) is 0 Å². The summed E-state index contributed by atoms with van der Waals surface area (Å²) in [7, 11) is 0. The molecule has 0 radical (unpaired) electrons. The van der Waals surface area contributed by atoms with Gasteiger partial charge < -0.3 is 0 Å². The lowest BCUT2D eigenvalue weighted by Gasteiger charge is -2.05. The average molecular weight is 296 g/mol. The van der Waals surface area contributed by atoms with Gasteiger partial charge in [0.25, 0.3) is 0 Å². The van der Waals surface area contributed by atoms with E-state index in [1.54, 1.807) is 12.1 Å². The zero-order valence-corrected chi connectivity index (χ0v) is 11.6. The fourth-order valence-corrected chi connectivity index (χ4v) is 1.80. The van der Waals surface area contributed by atoms with Gasteiger partial charge in [-0.05, 0) is 31.6 Å². The summed E-state index contributed by atoms with van der Waals surface area (Å²) in [5, 5.41) is 0.513. The van der Waals surface area contributed by atoms with Crippen LogP contribution in [-0.4, -0.2) is 5.71 Å². The highest BCUT2D eigenvalue weighted by molar-refractivity contribution is 9.08. The molecule has 0 saturated heterocycles. The summed E-state index contributed by atoms with van der Waals surface area (Å²) >= 11 is 3.24. The molecule has 0 spiro atoms. The minimum absolute atomic E-state index is 0.217. The van der Waals surface area contributed by atoms with Gasteiger partial charge >= 0.3 is 0 Å². The number of benzene rings is 1. The summed E-state index contributed by atoms with van der Waals surface area (Å²) in [5.74, 6) is -0.217. The van der Waals surface area contributed by atoms with E-state index in [1.165, 1.54) is 6.07 Å². The van der Waals surface area contributed by atoms with Crippen LogP contribution < -0.4 is 0 Å². The van der Waals surface area contributed by atoms with Gasteiger partial charge in [-0.1, -0.05) is 40.7 Å². The molecule has 0 aliphatic rings.